The van der Waals surface area contributed by atoms with Crippen LogP contribution in [-0.2, 0) is 0 Å². The molecule has 0 unspecified atom stereocenters. The maximum absolute atomic E-state index is 6.59. The van der Waals surface area contributed by atoms with E-state index in [1.165, 1.54) is 16.7 Å². The van der Waals surface area contributed by atoms with Gasteiger partial charge < -0.3 is 13.7 Å². The maximum atomic E-state index is 6.59. The number of furan rings is 2. The van der Waals surface area contributed by atoms with Gasteiger partial charge in [0.1, 0.15) is 22.3 Å². The monoisotopic (exact) mass is 729 g/mol. The SMILES string of the molecule is c1ccc(-c2ccc(N(c3ccc(-c4ccc5oc6c(-c7ccccc7)cccc6c5c4)cc3)c3ccc4c(c3)oc3cc(-c5ccccc5)ccc34)cc2)cc1. The number of hydrogen-bond acceptors (Lipinski definition) is 3. The average molecular weight is 730 g/mol. The van der Waals surface area contributed by atoms with Gasteiger partial charge in [0.25, 0.3) is 0 Å². The molecule has 0 spiro atoms. The van der Waals surface area contributed by atoms with Crippen LogP contribution in [0.5, 0.6) is 0 Å². The summed E-state index contributed by atoms with van der Waals surface area (Å²) < 4.78 is 13.1. The van der Waals surface area contributed by atoms with Crippen molar-refractivity contribution in [2.24, 2.45) is 0 Å². The Bertz CT molecular complexity index is 3200. The van der Waals surface area contributed by atoms with E-state index in [-0.39, 0.29) is 0 Å². The van der Waals surface area contributed by atoms with E-state index in [4.69, 9.17) is 8.83 Å². The van der Waals surface area contributed by atoms with E-state index in [0.29, 0.717) is 0 Å². The molecule has 3 heteroatoms. The zero-order valence-corrected chi connectivity index (χ0v) is 31.0. The molecule has 0 radical (unpaired) electrons. The molecule has 0 amide bonds. The molecule has 0 N–H and O–H groups in total. The smallest absolute Gasteiger partial charge is 0.143 e. The lowest BCUT2D eigenvalue weighted by Crippen LogP contribution is -2.09. The fourth-order valence-electron chi connectivity index (χ4n) is 8.22. The molecule has 0 bridgehead atoms. The molecule has 0 aliphatic rings. The van der Waals surface area contributed by atoms with Gasteiger partial charge in [-0.05, 0) is 99.6 Å². The Morgan fingerprint density at radius 1 is 0.263 bits per heavy atom. The van der Waals surface area contributed by atoms with Gasteiger partial charge in [-0.25, -0.2) is 0 Å². The Morgan fingerprint density at radius 3 is 1.42 bits per heavy atom. The van der Waals surface area contributed by atoms with E-state index < -0.39 is 0 Å². The fourth-order valence-corrected chi connectivity index (χ4v) is 8.22. The summed E-state index contributed by atoms with van der Waals surface area (Å²) in [6.45, 7) is 0. The van der Waals surface area contributed by atoms with Gasteiger partial charge >= 0.3 is 0 Å². The van der Waals surface area contributed by atoms with Crippen LogP contribution in [-0.4, -0.2) is 0 Å². The molecule has 0 aliphatic carbocycles. The first-order chi connectivity index (χ1) is 28.2. The van der Waals surface area contributed by atoms with E-state index in [0.717, 1.165) is 88.8 Å². The number of rotatable bonds is 7. The Morgan fingerprint density at radius 2 is 0.754 bits per heavy atom. The van der Waals surface area contributed by atoms with Crippen molar-refractivity contribution in [1.82, 2.24) is 0 Å². The summed E-state index contributed by atoms with van der Waals surface area (Å²) in [5.74, 6) is 0. The molecule has 0 saturated heterocycles. The minimum absolute atomic E-state index is 0.853. The minimum atomic E-state index is 0.853. The van der Waals surface area contributed by atoms with Crippen LogP contribution in [0.4, 0.5) is 17.1 Å². The van der Waals surface area contributed by atoms with Gasteiger partial charge in [0.2, 0.25) is 0 Å². The van der Waals surface area contributed by atoms with E-state index in [2.05, 4.69) is 205 Å². The quantitative estimate of drug-likeness (QED) is 0.164. The highest BCUT2D eigenvalue weighted by molar-refractivity contribution is 6.11. The first kappa shape index (κ1) is 32.8. The number of anilines is 3. The van der Waals surface area contributed by atoms with Crippen LogP contribution in [0.3, 0.4) is 0 Å². The van der Waals surface area contributed by atoms with Gasteiger partial charge in [-0.15, -0.1) is 0 Å². The van der Waals surface area contributed by atoms with Crippen LogP contribution in [0.2, 0.25) is 0 Å². The molecule has 57 heavy (non-hydrogen) atoms. The molecule has 11 aromatic rings. The van der Waals surface area contributed by atoms with Crippen molar-refractivity contribution in [3.05, 3.63) is 212 Å². The van der Waals surface area contributed by atoms with Crippen molar-refractivity contribution < 1.29 is 8.83 Å². The number of nitrogens with zero attached hydrogens (tertiary/aromatic N) is 1. The van der Waals surface area contributed by atoms with Crippen LogP contribution in [0.25, 0.3) is 88.4 Å². The Labute approximate surface area is 330 Å². The lowest BCUT2D eigenvalue weighted by Gasteiger charge is -2.26. The highest BCUT2D eigenvalue weighted by Gasteiger charge is 2.18. The lowest BCUT2D eigenvalue weighted by atomic mass is 10.00. The molecule has 0 fully saturated rings. The Hall–Kier alpha value is -7.62. The van der Waals surface area contributed by atoms with E-state index >= 15 is 0 Å². The van der Waals surface area contributed by atoms with E-state index in [1.54, 1.807) is 0 Å². The lowest BCUT2D eigenvalue weighted by molar-refractivity contribution is 0.669. The predicted molar refractivity (Wildman–Crippen MR) is 237 cm³/mol. The first-order valence-electron chi connectivity index (χ1n) is 19.3. The molecule has 268 valence electrons. The predicted octanol–water partition coefficient (Wildman–Crippen LogP) is 15.6. The van der Waals surface area contributed by atoms with Crippen LogP contribution in [0, 0.1) is 0 Å². The molecular formula is C54H35NO2. The van der Waals surface area contributed by atoms with Crippen LogP contribution in [0.1, 0.15) is 0 Å². The molecule has 0 atom stereocenters. The third-order valence-corrected chi connectivity index (χ3v) is 11.1. The number of fused-ring (bicyclic) bond motifs is 6. The molecule has 0 aliphatic heterocycles. The summed E-state index contributed by atoms with van der Waals surface area (Å²) in [4.78, 5) is 2.30. The highest BCUT2D eigenvalue weighted by atomic mass is 16.3. The maximum Gasteiger partial charge on any atom is 0.143 e. The standard InChI is InChI=1S/C54H35NO2/c1-4-11-36(12-5-1)38-19-25-43(26-20-38)55(45-29-31-48-47-30-23-42(37-13-6-2-7-14-37)34-52(47)56-53(48)35-45)44-27-21-39(22-28-44)41-24-32-51-50(33-41)49-18-10-17-46(54(49)57-51)40-15-8-3-9-16-40/h1-35H. The molecule has 2 heterocycles. The van der Waals surface area contributed by atoms with Gasteiger partial charge in [0.15, 0.2) is 0 Å². The molecular weight excluding hydrogens is 695 g/mol. The number of para-hydroxylation sites is 1. The van der Waals surface area contributed by atoms with E-state index in [9.17, 15) is 0 Å². The van der Waals surface area contributed by atoms with Crippen LogP contribution >= 0.6 is 0 Å². The largest absolute Gasteiger partial charge is 0.456 e. The third-order valence-electron chi connectivity index (χ3n) is 11.1. The molecule has 11 rings (SSSR count). The molecule has 0 saturated carbocycles. The van der Waals surface area contributed by atoms with Gasteiger partial charge in [-0.2, -0.15) is 0 Å². The average Bonchev–Trinajstić information content (AvgIpc) is 3.85. The van der Waals surface area contributed by atoms with Crippen molar-refractivity contribution in [1.29, 1.82) is 0 Å². The second-order valence-electron chi connectivity index (χ2n) is 14.5. The summed E-state index contributed by atoms with van der Waals surface area (Å²) in [6, 6.07) is 75.0. The molecule has 3 nitrogen and oxygen atoms in total. The first-order valence-corrected chi connectivity index (χ1v) is 19.3. The summed E-state index contributed by atoms with van der Waals surface area (Å²) >= 11 is 0. The highest BCUT2D eigenvalue weighted by Crippen LogP contribution is 2.42. The van der Waals surface area contributed by atoms with Crippen molar-refractivity contribution in [3.63, 3.8) is 0 Å². The second-order valence-corrected chi connectivity index (χ2v) is 14.5. The summed E-state index contributed by atoms with van der Waals surface area (Å²) in [7, 11) is 0. The van der Waals surface area contributed by atoms with E-state index in [1.807, 2.05) is 12.1 Å². The van der Waals surface area contributed by atoms with Gasteiger partial charge in [0.05, 0.1) is 0 Å². The molecule has 9 aromatic carbocycles. The van der Waals surface area contributed by atoms with Gasteiger partial charge in [-0.1, -0.05) is 146 Å². The zero-order valence-electron chi connectivity index (χ0n) is 31.0. The fraction of sp³-hybridized carbons (Fsp3) is 0. The number of benzene rings is 9. The third kappa shape index (κ3) is 5.85. The second kappa shape index (κ2) is 13.6. The van der Waals surface area contributed by atoms with Crippen molar-refractivity contribution in [2.75, 3.05) is 4.90 Å². The van der Waals surface area contributed by atoms with Gasteiger partial charge in [0, 0.05) is 50.2 Å². The number of hydrogen-bond donors (Lipinski definition) is 0. The summed E-state index contributed by atoms with van der Waals surface area (Å²) in [6.07, 6.45) is 0. The summed E-state index contributed by atoms with van der Waals surface area (Å²) in [5, 5.41) is 4.44. The van der Waals surface area contributed by atoms with Crippen molar-refractivity contribution >= 4 is 60.9 Å². The Kier molecular flexibility index (Phi) is 7.82. The Balaban J connectivity index is 0.986. The van der Waals surface area contributed by atoms with Gasteiger partial charge in [-0.3, -0.25) is 0 Å². The topological polar surface area (TPSA) is 29.5 Å². The molecule has 2 aromatic heterocycles. The van der Waals surface area contributed by atoms with Crippen LogP contribution in [0.15, 0.2) is 221 Å². The normalized spacial score (nSPS) is 11.5. The zero-order chi connectivity index (χ0) is 37.7. The summed E-state index contributed by atoms with van der Waals surface area (Å²) in [5.41, 5.74) is 15.9. The van der Waals surface area contributed by atoms with Crippen molar-refractivity contribution in [3.8, 4) is 44.5 Å². The minimum Gasteiger partial charge on any atom is -0.456 e. The van der Waals surface area contributed by atoms with Crippen molar-refractivity contribution in [2.45, 2.75) is 0 Å². The van der Waals surface area contributed by atoms with Crippen LogP contribution < -0.4 is 4.90 Å².